The smallest absolute Gasteiger partial charge is 0.238 e. The van der Waals surface area contributed by atoms with E-state index >= 15 is 0 Å². The Kier molecular flexibility index (Phi) is 4.54. The number of sulfonamides is 1. The number of fused-ring (bicyclic) bond motifs is 1. The van der Waals surface area contributed by atoms with E-state index in [9.17, 15) is 13.7 Å². The number of rotatable bonds is 4. The molecule has 0 fully saturated rings. The van der Waals surface area contributed by atoms with Crippen LogP contribution in [0, 0.1) is 18.3 Å². The summed E-state index contributed by atoms with van der Waals surface area (Å²) >= 11 is 0. The lowest BCUT2D eigenvalue weighted by molar-refractivity contribution is 0.598. The average Bonchev–Trinajstić information content (AvgIpc) is 3.31. The van der Waals surface area contributed by atoms with Gasteiger partial charge < -0.3 is 9.55 Å². The normalized spacial score (nSPS) is 12.2. The molecule has 0 aliphatic heterocycles. The fraction of sp³-hybridized carbons (Fsp3) is 0.0476. The number of primary sulfonamides is 1. The highest BCUT2D eigenvalue weighted by Crippen LogP contribution is 2.22. The third-order valence-corrected chi connectivity index (χ3v) is 5.46. The minimum absolute atomic E-state index is 0.0424. The number of aromatic amines is 1. The van der Waals surface area contributed by atoms with E-state index in [1.807, 2.05) is 48.0 Å². The Morgan fingerprint density at radius 2 is 1.97 bits per heavy atom. The van der Waals surface area contributed by atoms with Gasteiger partial charge in [-0.05, 0) is 67.1 Å². The number of aryl methyl sites for hydroxylation is 1. The Balaban J connectivity index is 1.74. The van der Waals surface area contributed by atoms with Gasteiger partial charge in [-0.2, -0.15) is 5.26 Å². The number of H-pyrrole nitrogens is 1. The van der Waals surface area contributed by atoms with Crippen molar-refractivity contribution in [3.63, 3.8) is 0 Å². The van der Waals surface area contributed by atoms with E-state index in [2.05, 4.69) is 16.0 Å². The highest BCUT2D eigenvalue weighted by atomic mass is 32.2. The maximum absolute atomic E-state index is 11.4. The second-order valence-corrected chi connectivity index (χ2v) is 8.18. The average molecular weight is 403 g/mol. The molecule has 8 heteroatoms. The standard InChI is InChI=1S/C21H17N5O2S/c1-14-4-9-19-20(11-14)25-21(24-19)15(13-22)12-17-3-2-10-26(17)16-5-7-18(8-6-16)29(23,27)28/h2-12H,1H3,(H,24,25)(H2,23,27,28)/b15-12-. The van der Waals surface area contributed by atoms with Gasteiger partial charge in [-0.1, -0.05) is 6.07 Å². The van der Waals surface area contributed by atoms with Crippen LogP contribution < -0.4 is 5.14 Å². The third-order valence-electron chi connectivity index (χ3n) is 4.53. The molecule has 0 radical (unpaired) electrons. The molecule has 0 saturated carbocycles. The molecule has 144 valence electrons. The Morgan fingerprint density at radius 3 is 2.66 bits per heavy atom. The molecular weight excluding hydrogens is 386 g/mol. The summed E-state index contributed by atoms with van der Waals surface area (Å²) in [5.74, 6) is 0.491. The molecule has 4 rings (SSSR count). The van der Waals surface area contributed by atoms with Crippen molar-refractivity contribution in [2.24, 2.45) is 5.14 Å². The first-order chi connectivity index (χ1) is 13.8. The number of nitrogens with two attached hydrogens (primary N) is 1. The van der Waals surface area contributed by atoms with Gasteiger partial charge in [0.05, 0.1) is 21.5 Å². The van der Waals surface area contributed by atoms with Crippen LogP contribution in [-0.2, 0) is 10.0 Å². The maximum atomic E-state index is 11.4. The van der Waals surface area contributed by atoms with Gasteiger partial charge in [0, 0.05) is 17.6 Å². The van der Waals surface area contributed by atoms with Crippen molar-refractivity contribution in [1.29, 1.82) is 5.26 Å². The summed E-state index contributed by atoms with van der Waals surface area (Å²) in [7, 11) is -3.75. The molecule has 0 amide bonds. The van der Waals surface area contributed by atoms with Gasteiger partial charge in [0.15, 0.2) is 0 Å². The molecule has 2 aromatic heterocycles. The SMILES string of the molecule is Cc1ccc2nc(/C(C#N)=C\c3cccn3-c3ccc(S(N)(=O)=O)cc3)[nH]c2c1. The van der Waals surface area contributed by atoms with E-state index in [0.29, 0.717) is 11.4 Å². The summed E-state index contributed by atoms with van der Waals surface area (Å²) < 4.78 is 24.7. The van der Waals surface area contributed by atoms with Crippen molar-refractivity contribution in [1.82, 2.24) is 14.5 Å². The first-order valence-corrected chi connectivity index (χ1v) is 10.3. The molecule has 3 N–H and O–H groups in total. The van der Waals surface area contributed by atoms with Crippen molar-refractivity contribution >= 4 is 32.7 Å². The minimum atomic E-state index is -3.75. The van der Waals surface area contributed by atoms with Crippen LogP contribution in [0.4, 0.5) is 0 Å². The lowest BCUT2D eigenvalue weighted by Crippen LogP contribution is -2.12. The third kappa shape index (κ3) is 3.69. The first kappa shape index (κ1) is 18.7. The molecule has 0 spiro atoms. The van der Waals surface area contributed by atoms with Crippen molar-refractivity contribution < 1.29 is 8.42 Å². The van der Waals surface area contributed by atoms with Gasteiger partial charge in [0.2, 0.25) is 10.0 Å². The lowest BCUT2D eigenvalue weighted by Gasteiger charge is -2.08. The van der Waals surface area contributed by atoms with E-state index in [1.165, 1.54) is 12.1 Å². The molecule has 7 nitrogen and oxygen atoms in total. The number of nitrogens with one attached hydrogen (secondary N) is 1. The Hall–Kier alpha value is -3.67. The predicted molar refractivity (Wildman–Crippen MR) is 111 cm³/mol. The number of benzene rings is 2. The zero-order chi connectivity index (χ0) is 20.6. The van der Waals surface area contributed by atoms with Crippen molar-refractivity contribution in [3.05, 3.63) is 77.9 Å². The number of nitrogens with zero attached hydrogens (tertiary/aromatic N) is 3. The second kappa shape index (κ2) is 7.05. The number of imidazole rings is 1. The quantitative estimate of drug-likeness (QED) is 0.508. The minimum Gasteiger partial charge on any atom is -0.337 e. The van der Waals surface area contributed by atoms with E-state index in [4.69, 9.17) is 5.14 Å². The molecule has 4 aromatic rings. The lowest BCUT2D eigenvalue weighted by atomic mass is 10.2. The molecule has 0 aliphatic rings. The molecule has 0 aliphatic carbocycles. The van der Waals surface area contributed by atoms with E-state index < -0.39 is 10.0 Å². The van der Waals surface area contributed by atoms with Crippen LogP contribution in [0.3, 0.4) is 0 Å². The zero-order valence-electron chi connectivity index (χ0n) is 15.5. The van der Waals surface area contributed by atoms with Gasteiger partial charge in [-0.3, -0.25) is 0 Å². The number of hydrogen-bond acceptors (Lipinski definition) is 4. The summed E-state index contributed by atoms with van der Waals surface area (Å²) in [6.45, 7) is 2.00. The van der Waals surface area contributed by atoms with Gasteiger partial charge >= 0.3 is 0 Å². The van der Waals surface area contributed by atoms with Crippen LogP contribution in [0.25, 0.3) is 28.4 Å². The van der Waals surface area contributed by atoms with E-state index in [1.54, 1.807) is 18.2 Å². The Bertz CT molecular complexity index is 1390. The molecule has 0 atom stereocenters. The van der Waals surface area contributed by atoms with Gasteiger partial charge in [-0.25, -0.2) is 18.5 Å². The van der Waals surface area contributed by atoms with Crippen LogP contribution in [0.15, 0.2) is 65.7 Å². The maximum Gasteiger partial charge on any atom is 0.238 e. The highest BCUT2D eigenvalue weighted by molar-refractivity contribution is 7.89. The summed E-state index contributed by atoms with van der Waals surface area (Å²) in [4.78, 5) is 7.74. The van der Waals surface area contributed by atoms with Crippen LogP contribution in [0.1, 0.15) is 17.1 Å². The van der Waals surface area contributed by atoms with Gasteiger partial charge in [-0.15, -0.1) is 0 Å². The number of nitriles is 1. The number of hydrogen-bond donors (Lipinski definition) is 2. The number of aromatic nitrogens is 3. The van der Waals surface area contributed by atoms with Gasteiger partial charge in [0.25, 0.3) is 0 Å². The number of allylic oxidation sites excluding steroid dienone is 1. The van der Waals surface area contributed by atoms with E-state index in [-0.39, 0.29) is 4.90 Å². The molecular formula is C21H17N5O2S. The van der Waals surface area contributed by atoms with Crippen LogP contribution in [0.5, 0.6) is 0 Å². The highest BCUT2D eigenvalue weighted by Gasteiger charge is 2.11. The van der Waals surface area contributed by atoms with Crippen LogP contribution >= 0.6 is 0 Å². The predicted octanol–water partition coefficient (Wildman–Crippen LogP) is 3.37. The molecule has 2 aromatic carbocycles. The fourth-order valence-corrected chi connectivity index (χ4v) is 3.61. The molecule has 29 heavy (non-hydrogen) atoms. The van der Waals surface area contributed by atoms with Crippen molar-refractivity contribution in [2.75, 3.05) is 0 Å². The zero-order valence-corrected chi connectivity index (χ0v) is 16.3. The fourth-order valence-electron chi connectivity index (χ4n) is 3.10. The van der Waals surface area contributed by atoms with Crippen LogP contribution in [0.2, 0.25) is 0 Å². The second-order valence-electron chi connectivity index (χ2n) is 6.62. The summed E-state index contributed by atoms with van der Waals surface area (Å²) in [5.41, 5.74) is 4.65. The Morgan fingerprint density at radius 1 is 1.21 bits per heavy atom. The monoisotopic (exact) mass is 403 g/mol. The summed E-state index contributed by atoms with van der Waals surface area (Å²) in [6.07, 6.45) is 3.56. The molecule has 0 bridgehead atoms. The molecule has 2 heterocycles. The van der Waals surface area contributed by atoms with Gasteiger partial charge in [0.1, 0.15) is 11.9 Å². The molecule has 0 unspecified atom stereocenters. The van der Waals surface area contributed by atoms with Crippen molar-refractivity contribution in [3.8, 4) is 11.8 Å². The summed E-state index contributed by atoms with van der Waals surface area (Å²) in [5, 5.41) is 14.8. The first-order valence-electron chi connectivity index (χ1n) is 8.74. The Labute approximate surface area is 167 Å². The molecule has 0 saturated heterocycles. The van der Waals surface area contributed by atoms with Crippen LogP contribution in [-0.4, -0.2) is 23.0 Å². The topological polar surface area (TPSA) is 118 Å². The van der Waals surface area contributed by atoms with Crippen molar-refractivity contribution in [2.45, 2.75) is 11.8 Å². The largest absolute Gasteiger partial charge is 0.337 e. The van der Waals surface area contributed by atoms with E-state index in [0.717, 1.165) is 28.0 Å². The summed E-state index contributed by atoms with van der Waals surface area (Å²) in [6, 6.07) is 18.0.